The number of β-lactam (4-membered cyclic amide) rings is 1. The van der Waals surface area contributed by atoms with Crippen LogP contribution in [-0.2, 0) is 38.2 Å². The number of hydrogen-bond acceptors (Lipinski definition) is 13. The van der Waals surface area contributed by atoms with Gasteiger partial charge in [0.2, 0.25) is 0 Å². The lowest BCUT2D eigenvalue weighted by Crippen LogP contribution is -2.71. The second-order valence-electron chi connectivity index (χ2n) is 6.63. The number of oxime groups is 1. The van der Waals surface area contributed by atoms with Gasteiger partial charge >= 0.3 is 11.9 Å². The van der Waals surface area contributed by atoms with Crippen LogP contribution < -0.4 is 11.1 Å². The molecule has 2 atom stereocenters. The van der Waals surface area contributed by atoms with Gasteiger partial charge < -0.3 is 30.1 Å². The van der Waals surface area contributed by atoms with Crippen LogP contribution in [0.1, 0.15) is 12.6 Å². The van der Waals surface area contributed by atoms with E-state index in [0.717, 1.165) is 11.3 Å². The highest BCUT2D eigenvalue weighted by atomic mass is 32.2. The van der Waals surface area contributed by atoms with Gasteiger partial charge in [0.15, 0.2) is 17.6 Å². The molecule has 2 aliphatic heterocycles. The number of amides is 2. The molecular formula is C18H21N5O8S2. The number of aromatic nitrogens is 1. The highest BCUT2D eigenvalue weighted by Crippen LogP contribution is 2.40. The molecule has 3 rings (SSSR count). The number of nitrogen functional groups attached to an aromatic ring is 1. The maximum absolute atomic E-state index is 12.9. The summed E-state index contributed by atoms with van der Waals surface area (Å²) >= 11 is 2.41. The van der Waals surface area contributed by atoms with E-state index < -0.39 is 35.2 Å². The van der Waals surface area contributed by atoms with E-state index in [0.29, 0.717) is 5.57 Å². The number of fused-ring (bicyclic) bond motifs is 1. The third kappa shape index (κ3) is 5.26. The van der Waals surface area contributed by atoms with Crippen molar-refractivity contribution in [1.29, 1.82) is 0 Å². The number of esters is 2. The van der Waals surface area contributed by atoms with Crippen LogP contribution >= 0.6 is 23.1 Å². The van der Waals surface area contributed by atoms with Crippen LogP contribution in [0.15, 0.2) is 21.8 Å². The first kappa shape index (κ1) is 24.5. The first-order chi connectivity index (χ1) is 15.8. The Bertz CT molecular complexity index is 1020. The minimum absolute atomic E-state index is 0.0365. The van der Waals surface area contributed by atoms with Crippen LogP contribution in [0.4, 0.5) is 5.13 Å². The monoisotopic (exact) mass is 499 g/mol. The fraction of sp³-hybridized carbons (Fsp3) is 0.444. The van der Waals surface area contributed by atoms with Gasteiger partial charge in [0.1, 0.15) is 36.5 Å². The summed E-state index contributed by atoms with van der Waals surface area (Å²) in [6.45, 7) is 0.734. The highest BCUT2D eigenvalue weighted by molar-refractivity contribution is 8.00. The van der Waals surface area contributed by atoms with E-state index in [4.69, 9.17) is 24.8 Å². The Labute approximate surface area is 196 Å². The van der Waals surface area contributed by atoms with Crippen LogP contribution in [0.2, 0.25) is 0 Å². The van der Waals surface area contributed by atoms with Gasteiger partial charge in [0.05, 0.1) is 0 Å². The summed E-state index contributed by atoms with van der Waals surface area (Å²) in [5, 5.41) is 7.48. The molecule has 0 radical (unpaired) electrons. The number of methoxy groups -OCH3 is 1. The number of ether oxygens (including phenoxy) is 3. The molecule has 1 aromatic heterocycles. The van der Waals surface area contributed by atoms with E-state index in [1.54, 1.807) is 0 Å². The van der Waals surface area contributed by atoms with Crippen LogP contribution in [0, 0.1) is 0 Å². The van der Waals surface area contributed by atoms with E-state index in [9.17, 15) is 19.2 Å². The lowest BCUT2D eigenvalue weighted by molar-refractivity contribution is -0.158. The summed E-state index contributed by atoms with van der Waals surface area (Å²) < 4.78 is 14.8. The van der Waals surface area contributed by atoms with Crippen molar-refractivity contribution >= 4 is 57.7 Å². The van der Waals surface area contributed by atoms with Crippen LogP contribution in [-0.4, -0.2) is 84.1 Å². The molecule has 15 heteroatoms. The summed E-state index contributed by atoms with van der Waals surface area (Å²) in [6, 6.07) is -0.943. The number of carbonyl (C=O) groups is 4. The number of rotatable bonds is 9. The number of nitrogens with zero attached hydrogens (tertiary/aromatic N) is 3. The Kier molecular flexibility index (Phi) is 7.88. The molecule has 0 unspecified atom stereocenters. The second kappa shape index (κ2) is 10.6. The van der Waals surface area contributed by atoms with Crippen LogP contribution in [0.3, 0.4) is 0 Å². The van der Waals surface area contributed by atoms with Crippen molar-refractivity contribution in [2.75, 3.05) is 39.1 Å². The van der Waals surface area contributed by atoms with Gasteiger partial charge in [-0.3, -0.25) is 19.3 Å². The Hall–Kier alpha value is -3.17. The largest absolute Gasteiger partial charge is 0.461 e. The number of nitrogens with two attached hydrogens (primary N) is 1. The minimum Gasteiger partial charge on any atom is -0.461 e. The van der Waals surface area contributed by atoms with Gasteiger partial charge in [-0.25, -0.2) is 9.78 Å². The molecular weight excluding hydrogens is 478 g/mol. The normalized spacial score (nSPS) is 20.0. The lowest BCUT2D eigenvalue weighted by Gasteiger charge is -2.49. The van der Waals surface area contributed by atoms with E-state index in [-0.39, 0.29) is 41.4 Å². The molecule has 178 valence electrons. The third-order valence-corrected chi connectivity index (χ3v) is 6.46. The molecule has 0 aromatic carbocycles. The number of thioether (sulfide) groups is 1. The fourth-order valence-electron chi connectivity index (χ4n) is 3.05. The van der Waals surface area contributed by atoms with Crippen molar-refractivity contribution in [3.63, 3.8) is 0 Å². The molecule has 2 amide bonds. The fourth-order valence-corrected chi connectivity index (χ4v) is 4.93. The van der Waals surface area contributed by atoms with Crippen molar-refractivity contribution in [3.8, 4) is 0 Å². The zero-order chi connectivity index (χ0) is 24.1. The number of carbonyl (C=O) groups excluding carboxylic acids is 4. The molecule has 3 heterocycles. The minimum atomic E-state index is -0.943. The number of anilines is 1. The van der Waals surface area contributed by atoms with Crippen molar-refractivity contribution in [2.45, 2.75) is 18.3 Å². The van der Waals surface area contributed by atoms with E-state index in [1.807, 2.05) is 0 Å². The Morgan fingerprint density at radius 1 is 1.33 bits per heavy atom. The van der Waals surface area contributed by atoms with E-state index >= 15 is 0 Å². The standard InChI is InChI=1S/C18H21N5O8S2/c1-8(24)30-4-9-5-32-16-12(15(26)23(16)13(9)17(27)31-7-28-2)21-14(25)11(22-29-3)10-6-33-18(19)20-10/h6,12,16H,4-5,7H2,1-3H3,(H2,19,20)(H,21,25)/b22-11+/t12-,16-/m1/s1. The topological polar surface area (TPSA) is 172 Å². The molecule has 0 saturated carbocycles. The summed E-state index contributed by atoms with van der Waals surface area (Å²) in [6.07, 6.45) is 0. The Morgan fingerprint density at radius 2 is 2.09 bits per heavy atom. The SMILES string of the molecule is COCOC(=O)C1=C(COC(C)=O)CS[C@@H]2[C@H](NC(=O)/C(=N/OC)c3csc(N)n3)C(=O)N12. The highest BCUT2D eigenvalue weighted by Gasteiger charge is 2.54. The van der Waals surface area contributed by atoms with Crippen LogP contribution in [0.5, 0.6) is 0 Å². The first-order valence-electron chi connectivity index (χ1n) is 9.38. The quantitative estimate of drug-likeness (QED) is 0.147. The summed E-state index contributed by atoms with van der Waals surface area (Å²) in [7, 11) is 2.61. The average molecular weight is 500 g/mol. The molecule has 13 nitrogen and oxygen atoms in total. The van der Waals surface area contributed by atoms with Crippen molar-refractivity contribution in [3.05, 3.63) is 22.3 Å². The molecule has 0 aliphatic carbocycles. The molecule has 0 spiro atoms. The molecule has 2 aliphatic rings. The maximum atomic E-state index is 12.9. The maximum Gasteiger partial charge on any atom is 0.357 e. The molecule has 1 saturated heterocycles. The predicted molar refractivity (Wildman–Crippen MR) is 117 cm³/mol. The van der Waals surface area contributed by atoms with Crippen molar-refractivity contribution in [1.82, 2.24) is 15.2 Å². The third-order valence-electron chi connectivity index (χ3n) is 4.45. The molecule has 3 N–H and O–H groups in total. The van der Waals surface area contributed by atoms with Crippen molar-refractivity contribution in [2.24, 2.45) is 5.16 Å². The van der Waals surface area contributed by atoms with E-state index in [2.05, 4.69) is 15.5 Å². The molecule has 1 aromatic rings. The predicted octanol–water partition coefficient (Wildman–Crippen LogP) is -0.560. The molecule has 33 heavy (non-hydrogen) atoms. The van der Waals surface area contributed by atoms with Gasteiger partial charge in [0.25, 0.3) is 11.8 Å². The average Bonchev–Trinajstić information content (AvgIpc) is 3.22. The first-order valence-corrected chi connectivity index (χ1v) is 11.3. The van der Waals surface area contributed by atoms with Crippen molar-refractivity contribution < 1.29 is 38.2 Å². The lowest BCUT2D eigenvalue weighted by atomic mass is 10.0. The second-order valence-corrected chi connectivity index (χ2v) is 8.62. The Balaban J connectivity index is 1.79. The van der Waals surface area contributed by atoms with Crippen LogP contribution in [0.25, 0.3) is 0 Å². The number of hydrogen-bond donors (Lipinski definition) is 2. The summed E-state index contributed by atoms with van der Waals surface area (Å²) in [5.41, 5.74) is 6.04. The van der Waals surface area contributed by atoms with Gasteiger partial charge in [-0.15, -0.1) is 23.1 Å². The summed E-state index contributed by atoms with van der Waals surface area (Å²) in [4.78, 5) is 59.5. The molecule has 1 fully saturated rings. The molecule has 0 bridgehead atoms. The number of thiazole rings is 1. The smallest absolute Gasteiger partial charge is 0.357 e. The Morgan fingerprint density at radius 3 is 2.70 bits per heavy atom. The van der Waals surface area contributed by atoms with Gasteiger partial charge in [-0.2, -0.15) is 0 Å². The van der Waals surface area contributed by atoms with Gasteiger partial charge in [-0.1, -0.05) is 5.16 Å². The summed E-state index contributed by atoms with van der Waals surface area (Å²) in [5.74, 6) is -2.31. The zero-order valence-electron chi connectivity index (χ0n) is 17.9. The van der Waals surface area contributed by atoms with Gasteiger partial charge in [-0.05, 0) is 0 Å². The van der Waals surface area contributed by atoms with E-state index in [1.165, 1.54) is 43.2 Å². The number of nitrogens with one attached hydrogen (secondary N) is 1. The zero-order valence-corrected chi connectivity index (χ0v) is 19.5. The van der Waals surface area contributed by atoms with Gasteiger partial charge in [0, 0.05) is 30.7 Å².